The molecule has 0 aliphatic carbocycles. The van der Waals surface area contributed by atoms with Gasteiger partial charge in [-0.05, 0) is 31.2 Å². The van der Waals surface area contributed by atoms with Gasteiger partial charge in [0.2, 0.25) is 5.91 Å². The molecule has 1 amide bonds. The minimum absolute atomic E-state index is 0.0482. The van der Waals surface area contributed by atoms with Crippen molar-refractivity contribution in [3.8, 4) is 11.3 Å². The van der Waals surface area contributed by atoms with Gasteiger partial charge >= 0.3 is 0 Å². The van der Waals surface area contributed by atoms with Gasteiger partial charge < -0.3 is 9.73 Å². The molecule has 3 aromatic rings. The van der Waals surface area contributed by atoms with Crippen molar-refractivity contribution in [1.29, 1.82) is 0 Å². The highest BCUT2D eigenvalue weighted by atomic mass is 35.5. The molecule has 0 fully saturated rings. The maximum Gasteiger partial charge on any atom is 0.224 e. The number of anilines is 1. The maximum atomic E-state index is 12.1. The van der Waals surface area contributed by atoms with Crippen LogP contribution in [0.3, 0.4) is 0 Å². The third-order valence-electron chi connectivity index (χ3n) is 3.81. The fraction of sp³-hybridized carbons (Fsp3) is 0.150. The standard InChI is InChI=1S/C20H17ClN2O3/c1-13(24)14-5-4-6-15(11-14)23-19(25)9-10-20-22-12-18(26-20)16-7-2-3-8-17(16)21/h2-8,11-12H,9-10H2,1H3,(H,23,25). The zero-order valence-electron chi connectivity index (χ0n) is 14.2. The average Bonchev–Trinajstić information content (AvgIpc) is 3.09. The number of rotatable bonds is 6. The van der Waals surface area contributed by atoms with Crippen molar-refractivity contribution in [3.05, 3.63) is 71.2 Å². The molecule has 1 N–H and O–H groups in total. The number of carbonyl (C=O) groups is 2. The zero-order valence-corrected chi connectivity index (χ0v) is 14.9. The number of Topliss-reactive ketones (excluding diaryl/α,β-unsaturated/α-hetero) is 1. The summed E-state index contributed by atoms with van der Waals surface area (Å²) in [6.45, 7) is 1.49. The topological polar surface area (TPSA) is 72.2 Å². The average molecular weight is 369 g/mol. The Labute approximate surface area is 156 Å². The second kappa shape index (κ2) is 7.97. The first-order valence-electron chi connectivity index (χ1n) is 8.13. The van der Waals surface area contributed by atoms with E-state index in [4.69, 9.17) is 16.0 Å². The number of halogens is 1. The molecule has 1 heterocycles. The quantitative estimate of drug-likeness (QED) is 0.636. The summed E-state index contributed by atoms with van der Waals surface area (Å²) < 4.78 is 5.68. The van der Waals surface area contributed by atoms with E-state index in [2.05, 4.69) is 10.3 Å². The number of nitrogens with one attached hydrogen (secondary N) is 1. The molecular weight excluding hydrogens is 352 g/mol. The largest absolute Gasteiger partial charge is 0.441 e. The van der Waals surface area contributed by atoms with E-state index in [1.54, 1.807) is 36.5 Å². The molecule has 26 heavy (non-hydrogen) atoms. The molecule has 0 bridgehead atoms. The Bertz CT molecular complexity index is 949. The number of ketones is 1. The predicted molar refractivity (Wildman–Crippen MR) is 100 cm³/mol. The van der Waals surface area contributed by atoms with Crippen molar-refractivity contribution in [2.75, 3.05) is 5.32 Å². The van der Waals surface area contributed by atoms with Crippen LogP contribution in [0.2, 0.25) is 5.02 Å². The molecule has 0 aliphatic heterocycles. The fourth-order valence-corrected chi connectivity index (χ4v) is 2.70. The van der Waals surface area contributed by atoms with Crippen LogP contribution in [0.25, 0.3) is 11.3 Å². The van der Waals surface area contributed by atoms with Crippen LogP contribution < -0.4 is 5.32 Å². The second-order valence-electron chi connectivity index (χ2n) is 5.78. The number of aromatic nitrogens is 1. The van der Waals surface area contributed by atoms with Gasteiger partial charge in [-0.3, -0.25) is 9.59 Å². The van der Waals surface area contributed by atoms with E-state index in [1.807, 2.05) is 18.2 Å². The minimum atomic E-state index is -0.178. The third kappa shape index (κ3) is 4.37. The molecule has 0 saturated carbocycles. The van der Waals surface area contributed by atoms with Gasteiger partial charge in [-0.15, -0.1) is 0 Å². The van der Waals surface area contributed by atoms with Gasteiger partial charge in [0.25, 0.3) is 0 Å². The van der Waals surface area contributed by atoms with Crippen molar-refractivity contribution >= 4 is 29.0 Å². The van der Waals surface area contributed by atoms with Crippen LogP contribution in [0.5, 0.6) is 0 Å². The molecule has 1 aromatic heterocycles. The van der Waals surface area contributed by atoms with E-state index in [9.17, 15) is 9.59 Å². The molecule has 0 atom stereocenters. The molecule has 5 nitrogen and oxygen atoms in total. The Balaban J connectivity index is 1.59. The molecule has 0 unspecified atom stereocenters. The summed E-state index contributed by atoms with van der Waals surface area (Å²) in [5.74, 6) is 0.809. The number of amides is 1. The van der Waals surface area contributed by atoms with E-state index in [0.29, 0.717) is 34.3 Å². The first-order valence-corrected chi connectivity index (χ1v) is 8.51. The first-order chi connectivity index (χ1) is 12.5. The van der Waals surface area contributed by atoms with Crippen molar-refractivity contribution in [1.82, 2.24) is 4.98 Å². The van der Waals surface area contributed by atoms with Crippen LogP contribution >= 0.6 is 11.6 Å². The highest BCUT2D eigenvalue weighted by Crippen LogP contribution is 2.28. The number of nitrogens with zero attached hydrogens (tertiary/aromatic N) is 1. The zero-order chi connectivity index (χ0) is 18.5. The molecule has 3 rings (SSSR count). The Morgan fingerprint density at radius 2 is 1.96 bits per heavy atom. The van der Waals surface area contributed by atoms with Crippen molar-refractivity contribution in [2.45, 2.75) is 19.8 Å². The summed E-state index contributed by atoms with van der Waals surface area (Å²) in [6, 6.07) is 14.2. The summed E-state index contributed by atoms with van der Waals surface area (Å²) in [6.07, 6.45) is 2.18. The lowest BCUT2D eigenvalue weighted by Crippen LogP contribution is -2.12. The van der Waals surface area contributed by atoms with Crippen LogP contribution in [-0.2, 0) is 11.2 Å². The highest BCUT2D eigenvalue weighted by molar-refractivity contribution is 6.33. The van der Waals surface area contributed by atoms with Crippen LogP contribution in [0.15, 0.2) is 59.1 Å². The van der Waals surface area contributed by atoms with E-state index in [1.165, 1.54) is 6.92 Å². The number of hydrogen-bond acceptors (Lipinski definition) is 4. The van der Waals surface area contributed by atoms with E-state index in [0.717, 1.165) is 5.56 Å². The molecule has 6 heteroatoms. The van der Waals surface area contributed by atoms with Gasteiger partial charge in [-0.1, -0.05) is 35.9 Å². The summed E-state index contributed by atoms with van der Waals surface area (Å²) >= 11 is 6.14. The molecule has 0 saturated heterocycles. The molecule has 0 aliphatic rings. The third-order valence-corrected chi connectivity index (χ3v) is 4.14. The monoisotopic (exact) mass is 368 g/mol. The maximum absolute atomic E-state index is 12.1. The van der Waals surface area contributed by atoms with E-state index in [-0.39, 0.29) is 18.1 Å². The predicted octanol–water partition coefficient (Wildman–Crippen LogP) is 4.77. The number of carbonyl (C=O) groups excluding carboxylic acids is 2. The van der Waals surface area contributed by atoms with Gasteiger partial charge in [-0.2, -0.15) is 0 Å². The minimum Gasteiger partial charge on any atom is -0.441 e. The Morgan fingerprint density at radius 3 is 2.73 bits per heavy atom. The van der Waals surface area contributed by atoms with Crippen molar-refractivity contribution < 1.29 is 14.0 Å². The normalized spacial score (nSPS) is 10.5. The van der Waals surface area contributed by atoms with Crippen LogP contribution in [-0.4, -0.2) is 16.7 Å². The number of hydrogen-bond donors (Lipinski definition) is 1. The Morgan fingerprint density at radius 1 is 1.15 bits per heavy atom. The second-order valence-corrected chi connectivity index (χ2v) is 6.19. The van der Waals surface area contributed by atoms with Crippen LogP contribution in [0, 0.1) is 0 Å². The number of benzene rings is 2. The SMILES string of the molecule is CC(=O)c1cccc(NC(=O)CCc2ncc(-c3ccccc3Cl)o2)c1. The molecule has 132 valence electrons. The van der Waals surface area contributed by atoms with Crippen LogP contribution in [0.1, 0.15) is 29.6 Å². The number of aryl methyl sites for hydroxylation is 1. The fourth-order valence-electron chi connectivity index (χ4n) is 2.47. The smallest absolute Gasteiger partial charge is 0.224 e. The number of oxazole rings is 1. The van der Waals surface area contributed by atoms with Crippen molar-refractivity contribution in [2.24, 2.45) is 0 Å². The van der Waals surface area contributed by atoms with Gasteiger partial charge in [0.15, 0.2) is 17.4 Å². The molecular formula is C20H17ClN2O3. The van der Waals surface area contributed by atoms with Gasteiger partial charge in [0.05, 0.1) is 11.2 Å². The lowest BCUT2D eigenvalue weighted by Gasteiger charge is -2.05. The van der Waals surface area contributed by atoms with Crippen molar-refractivity contribution in [3.63, 3.8) is 0 Å². The lowest BCUT2D eigenvalue weighted by molar-refractivity contribution is -0.116. The van der Waals surface area contributed by atoms with Gasteiger partial charge in [-0.25, -0.2) is 4.98 Å². The Kier molecular flexibility index (Phi) is 5.49. The summed E-state index contributed by atoms with van der Waals surface area (Å²) in [5.41, 5.74) is 1.91. The summed E-state index contributed by atoms with van der Waals surface area (Å²) in [7, 11) is 0. The first kappa shape index (κ1) is 17.9. The van der Waals surface area contributed by atoms with Gasteiger partial charge in [0.1, 0.15) is 0 Å². The summed E-state index contributed by atoms with van der Waals surface area (Å²) in [4.78, 5) is 27.7. The van der Waals surface area contributed by atoms with E-state index < -0.39 is 0 Å². The molecule has 0 radical (unpaired) electrons. The molecule has 0 spiro atoms. The Hall–Kier alpha value is -2.92. The summed E-state index contributed by atoms with van der Waals surface area (Å²) in [5, 5.41) is 3.36. The highest BCUT2D eigenvalue weighted by Gasteiger charge is 2.11. The van der Waals surface area contributed by atoms with Crippen LogP contribution in [0.4, 0.5) is 5.69 Å². The molecule has 2 aromatic carbocycles. The lowest BCUT2D eigenvalue weighted by atomic mass is 10.1. The van der Waals surface area contributed by atoms with E-state index >= 15 is 0 Å². The van der Waals surface area contributed by atoms with Gasteiger partial charge in [0, 0.05) is 29.7 Å².